The van der Waals surface area contributed by atoms with Crippen LogP contribution in [0.25, 0.3) is 0 Å². The van der Waals surface area contributed by atoms with Gasteiger partial charge in [0, 0.05) is 38.5 Å². The van der Waals surface area contributed by atoms with Crippen LogP contribution in [0.3, 0.4) is 0 Å². The van der Waals surface area contributed by atoms with Gasteiger partial charge in [0.1, 0.15) is 28.6 Å². The van der Waals surface area contributed by atoms with Crippen LogP contribution in [0.1, 0.15) is 85.0 Å². The van der Waals surface area contributed by atoms with Crippen molar-refractivity contribution >= 4 is 47.1 Å². The number of nitrogens with one attached hydrogen (secondary N) is 2. The van der Waals surface area contributed by atoms with E-state index in [1.807, 2.05) is 34.6 Å². The highest BCUT2D eigenvalue weighted by Gasteiger charge is 2.62. The predicted octanol–water partition coefficient (Wildman–Crippen LogP) is 6.06. The molecule has 4 rings (SSSR count). The Hall–Kier alpha value is -3.12. The van der Waals surface area contributed by atoms with Gasteiger partial charge in [0.15, 0.2) is 0 Å². The number of halogens is 2. The van der Waals surface area contributed by atoms with Crippen LogP contribution in [0.15, 0.2) is 6.07 Å². The minimum absolute atomic E-state index is 0.00414. The van der Waals surface area contributed by atoms with E-state index in [-0.39, 0.29) is 33.9 Å². The second-order valence-corrected chi connectivity index (χ2v) is 14.0. The smallest absolute Gasteiger partial charge is 0.444 e. The SMILES string of the molecule is CC(C)N(CC1CCN(c2c(F)cc3c(c2Cl)NC(=O)[N+](NC(=O)OC(C)(C)C)(C2CC2)C3=O)C1)C(=O)OC(C)(C)C. The number of urea groups is 1. The fourth-order valence-corrected chi connectivity index (χ4v) is 5.74. The zero-order chi connectivity index (χ0) is 31.4. The third kappa shape index (κ3) is 6.44. The van der Waals surface area contributed by atoms with Gasteiger partial charge < -0.3 is 19.3 Å². The Morgan fingerprint density at radius 3 is 2.31 bits per heavy atom. The van der Waals surface area contributed by atoms with Gasteiger partial charge in [-0.25, -0.2) is 23.6 Å². The lowest BCUT2D eigenvalue weighted by molar-refractivity contribution is -0.815. The maximum absolute atomic E-state index is 15.8. The molecule has 0 aromatic heterocycles. The fraction of sp³-hybridized carbons (Fsp3) is 0.655. The molecule has 3 aliphatic rings. The average molecular weight is 611 g/mol. The van der Waals surface area contributed by atoms with Gasteiger partial charge in [-0.05, 0) is 73.8 Å². The van der Waals surface area contributed by atoms with E-state index in [1.165, 1.54) is 0 Å². The van der Waals surface area contributed by atoms with Crippen molar-refractivity contribution in [2.45, 2.75) is 97.9 Å². The molecular formula is C29H42ClFN5O6+. The number of nitrogens with zero attached hydrogens (tertiary/aromatic N) is 3. The normalized spacial score (nSPS) is 22.5. The molecular weight excluding hydrogens is 569 g/mol. The van der Waals surface area contributed by atoms with E-state index in [4.69, 9.17) is 21.1 Å². The third-order valence-electron chi connectivity index (χ3n) is 7.37. The molecule has 2 atom stereocenters. The number of anilines is 2. The number of imide groups is 1. The molecule has 1 saturated heterocycles. The molecule has 2 unspecified atom stereocenters. The van der Waals surface area contributed by atoms with Crippen molar-refractivity contribution < 1.29 is 37.6 Å². The van der Waals surface area contributed by atoms with Crippen molar-refractivity contribution in [1.82, 2.24) is 10.3 Å². The Bertz CT molecular complexity index is 1290. The summed E-state index contributed by atoms with van der Waals surface area (Å²) in [6.07, 6.45) is 0.363. The first-order valence-corrected chi connectivity index (χ1v) is 14.7. The largest absolute Gasteiger partial charge is 0.454 e. The molecule has 232 valence electrons. The quantitative estimate of drug-likeness (QED) is 0.376. The van der Waals surface area contributed by atoms with Crippen molar-refractivity contribution in [3.05, 3.63) is 22.5 Å². The van der Waals surface area contributed by atoms with Crippen LogP contribution in [0, 0.1) is 11.7 Å². The van der Waals surface area contributed by atoms with Crippen molar-refractivity contribution in [2.24, 2.45) is 5.92 Å². The van der Waals surface area contributed by atoms with Crippen LogP contribution < -0.4 is 15.6 Å². The number of ether oxygens (including phenoxy) is 2. The van der Waals surface area contributed by atoms with Gasteiger partial charge >= 0.3 is 24.1 Å². The Kier molecular flexibility index (Phi) is 8.47. The third-order valence-corrected chi connectivity index (χ3v) is 7.73. The number of carbonyl (C=O) groups is 4. The minimum atomic E-state index is -1.04. The van der Waals surface area contributed by atoms with E-state index >= 15 is 4.39 Å². The van der Waals surface area contributed by atoms with Gasteiger partial charge in [0.05, 0.1) is 16.4 Å². The topological polar surface area (TPSA) is 117 Å². The van der Waals surface area contributed by atoms with Crippen LogP contribution in [-0.4, -0.2) is 76.5 Å². The zero-order valence-corrected chi connectivity index (χ0v) is 26.4. The van der Waals surface area contributed by atoms with Gasteiger partial charge in [-0.2, -0.15) is 0 Å². The Labute approximate surface area is 251 Å². The molecule has 2 heterocycles. The van der Waals surface area contributed by atoms with Crippen LogP contribution in [0.2, 0.25) is 5.02 Å². The Morgan fingerprint density at radius 2 is 1.76 bits per heavy atom. The number of rotatable bonds is 6. The Morgan fingerprint density at radius 1 is 1.14 bits per heavy atom. The van der Waals surface area contributed by atoms with Crippen LogP contribution in [0.4, 0.5) is 30.1 Å². The second kappa shape index (κ2) is 11.2. The summed E-state index contributed by atoms with van der Waals surface area (Å²) in [5, 5.41) is 2.58. The molecule has 13 heteroatoms. The molecule has 2 aliphatic heterocycles. The molecule has 1 saturated carbocycles. The molecule has 11 nitrogen and oxygen atoms in total. The molecule has 1 aromatic carbocycles. The van der Waals surface area contributed by atoms with Crippen molar-refractivity contribution in [2.75, 3.05) is 29.9 Å². The number of carbonyl (C=O) groups excluding carboxylic acids is 4. The first kappa shape index (κ1) is 31.8. The molecule has 0 spiro atoms. The number of quaternary nitrogens is 1. The average Bonchev–Trinajstić information content (AvgIpc) is 3.58. The van der Waals surface area contributed by atoms with E-state index < -0.39 is 51.8 Å². The Balaban J connectivity index is 1.58. The number of fused-ring (bicyclic) bond motifs is 1. The molecule has 0 bridgehead atoms. The summed E-state index contributed by atoms with van der Waals surface area (Å²) in [5.41, 5.74) is 0.910. The molecule has 0 radical (unpaired) electrons. The van der Waals surface area contributed by atoms with Crippen molar-refractivity contribution in [1.29, 1.82) is 0 Å². The van der Waals surface area contributed by atoms with Gasteiger partial charge in [0.2, 0.25) is 0 Å². The molecule has 1 aliphatic carbocycles. The molecule has 2 fully saturated rings. The lowest BCUT2D eigenvalue weighted by atomic mass is 10.1. The molecule has 2 N–H and O–H groups in total. The highest BCUT2D eigenvalue weighted by Crippen LogP contribution is 2.46. The standard InChI is InChI=1S/C29H41ClFN5O6/c1-16(2)35(27(40)42-29(6,7)8)15-17-11-12-34(14-17)23-20(31)13-19-22(21(23)30)32-25(38)36(24(19)37,18-9-10-18)33-26(39)41-28(3,4)5/h13,16-18H,9-12,14-15H2,1-8H3,(H-,32,33,37,38,39)/p+1. The van der Waals surface area contributed by atoms with Crippen molar-refractivity contribution in [3.8, 4) is 0 Å². The maximum Gasteiger partial charge on any atom is 0.454 e. The maximum atomic E-state index is 15.8. The number of benzene rings is 1. The lowest BCUT2D eigenvalue weighted by Crippen LogP contribution is -2.71. The van der Waals surface area contributed by atoms with Gasteiger partial charge in [-0.1, -0.05) is 16.2 Å². The summed E-state index contributed by atoms with van der Waals surface area (Å²) in [7, 11) is 0. The number of hydrogen-bond acceptors (Lipinski definition) is 7. The lowest BCUT2D eigenvalue weighted by Gasteiger charge is -2.36. The van der Waals surface area contributed by atoms with E-state index in [0.717, 1.165) is 6.07 Å². The number of amides is 5. The highest BCUT2D eigenvalue weighted by molar-refractivity contribution is 6.38. The van der Waals surface area contributed by atoms with E-state index in [2.05, 4.69) is 10.7 Å². The molecule has 5 amide bonds. The summed E-state index contributed by atoms with van der Waals surface area (Å²) in [6, 6.07) is -0.324. The van der Waals surface area contributed by atoms with E-state index in [9.17, 15) is 19.2 Å². The fourth-order valence-electron chi connectivity index (χ4n) is 5.38. The van der Waals surface area contributed by atoms with E-state index in [1.54, 1.807) is 30.6 Å². The first-order valence-electron chi connectivity index (χ1n) is 14.4. The van der Waals surface area contributed by atoms with Crippen LogP contribution >= 0.6 is 11.6 Å². The monoisotopic (exact) mass is 610 g/mol. The summed E-state index contributed by atoms with van der Waals surface area (Å²) >= 11 is 6.70. The summed E-state index contributed by atoms with van der Waals surface area (Å²) in [6.45, 7) is 15.5. The molecule has 42 heavy (non-hydrogen) atoms. The summed E-state index contributed by atoms with van der Waals surface area (Å²) in [5.74, 6) is -1.48. The minimum Gasteiger partial charge on any atom is -0.444 e. The van der Waals surface area contributed by atoms with Crippen LogP contribution in [-0.2, 0) is 9.47 Å². The van der Waals surface area contributed by atoms with Crippen molar-refractivity contribution in [3.63, 3.8) is 0 Å². The van der Waals surface area contributed by atoms with E-state index in [0.29, 0.717) is 38.9 Å². The van der Waals surface area contributed by atoms with Gasteiger partial charge in [0.25, 0.3) is 0 Å². The zero-order valence-electron chi connectivity index (χ0n) is 25.6. The summed E-state index contributed by atoms with van der Waals surface area (Å²) < 4.78 is 25.6. The van der Waals surface area contributed by atoms with Gasteiger partial charge in [-0.15, -0.1) is 5.43 Å². The predicted molar refractivity (Wildman–Crippen MR) is 156 cm³/mol. The number of hydrogen-bond donors (Lipinski definition) is 2. The highest BCUT2D eigenvalue weighted by atomic mass is 35.5. The first-order chi connectivity index (χ1) is 19.3. The second-order valence-electron chi connectivity index (χ2n) is 13.6. The summed E-state index contributed by atoms with van der Waals surface area (Å²) in [4.78, 5) is 56.2. The van der Waals surface area contributed by atoms with Gasteiger partial charge in [-0.3, -0.25) is 5.32 Å². The molecule has 1 aromatic rings. The van der Waals surface area contributed by atoms with Crippen LogP contribution in [0.5, 0.6) is 0 Å².